The van der Waals surface area contributed by atoms with Gasteiger partial charge in [-0.3, -0.25) is 4.90 Å². The minimum Gasteiger partial charge on any atom is -0.354 e. The van der Waals surface area contributed by atoms with Crippen molar-refractivity contribution in [2.24, 2.45) is 0 Å². The maximum Gasteiger partial charge on any atom is 0.224 e. The average molecular weight is 337 g/mol. The highest BCUT2D eigenvalue weighted by Gasteiger charge is 2.17. The topological polar surface area (TPSA) is 44.3 Å². The summed E-state index contributed by atoms with van der Waals surface area (Å²) in [6, 6.07) is 12.8. The number of rotatable bonds is 6. The van der Waals surface area contributed by atoms with Gasteiger partial charge in [0.15, 0.2) is 0 Å². The van der Waals surface area contributed by atoms with Crippen molar-refractivity contribution < 1.29 is 0 Å². The molecule has 25 heavy (non-hydrogen) atoms. The Morgan fingerprint density at radius 3 is 2.56 bits per heavy atom. The Morgan fingerprint density at radius 1 is 1.08 bits per heavy atom. The monoisotopic (exact) mass is 337 g/mol. The lowest BCUT2D eigenvalue weighted by atomic mass is 10.2. The zero-order chi connectivity index (χ0) is 17.5. The zero-order valence-corrected chi connectivity index (χ0v) is 15.1. The maximum atomic E-state index is 4.63. The normalized spacial score (nSPS) is 15.9. The van der Waals surface area contributed by atoms with Crippen LogP contribution in [0.2, 0.25) is 0 Å². The van der Waals surface area contributed by atoms with E-state index in [2.05, 4.69) is 75.3 Å². The Labute approximate surface area is 150 Å². The molecule has 5 nitrogen and oxygen atoms in total. The van der Waals surface area contributed by atoms with Crippen molar-refractivity contribution in [1.82, 2.24) is 14.9 Å². The summed E-state index contributed by atoms with van der Waals surface area (Å²) < 4.78 is 0. The molecule has 0 spiro atoms. The van der Waals surface area contributed by atoms with Crippen molar-refractivity contribution in [1.29, 1.82) is 0 Å². The number of piperazine rings is 1. The molecule has 5 heteroatoms. The second kappa shape index (κ2) is 8.62. The van der Waals surface area contributed by atoms with Gasteiger partial charge in [0.2, 0.25) is 5.95 Å². The van der Waals surface area contributed by atoms with E-state index in [1.165, 1.54) is 5.56 Å². The first-order chi connectivity index (χ1) is 12.2. The SMILES string of the molecule is CC(C)Nc1nccc(N2CCN(C/C=C/c3ccccc3)CC2)n1. The van der Waals surface area contributed by atoms with E-state index in [1.807, 2.05) is 18.3 Å². The van der Waals surface area contributed by atoms with E-state index in [1.54, 1.807) is 0 Å². The number of aromatic nitrogens is 2. The van der Waals surface area contributed by atoms with E-state index in [4.69, 9.17) is 0 Å². The second-order valence-electron chi connectivity index (χ2n) is 6.64. The van der Waals surface area contributed by atoms with Gasteiger partial charge in [-0.05, 0) is 25.5 Å². The van der Waals surface area contributed by atoms with Crippen LogP contribution in [0.1, 0.15) is 19.4 Å². The van der Waals surface area contributed by atoms with E-state index in [0.717, 1.165) is 38.5 Å². The Hall–Kier alpha value is -2.40. The average Bonchev–Trinajstić information content (AvgIpc) is 2.63. The summed E-state index contributed by atoms with van der Waals surface area (Å²) in [5.74, 6) is 1.72. The number of hydrogen-bond acceptors (Lipinski definition) is 5. The second-order valence-corrected chi connectivity index (χ2v) is 6.64. The molecule has 0 radical (unpaired) electrons. The predicted molar refractivity (Wildman–Crippen MR) is 105 cm³/mol. The van der Waals surface area contributed by atoms with Crippen LogP contribution in [0, 0.1) is 0 Å². The lowest BCUT2D eigenvalue weighted by Gasteiger charge is -2.34. The van der Waals surface area contributed by atoms with Gasteiger partial charge in [0.05, 0.1) is 0 Å². The van der Waals surface area contributed by atoms with Crippen LogP contribution in [0.15, 0.2) is 48.7 Å². The largest absolute Gasteiger partial charge is 0.354 e. The van der Waals surface area contributed by atoms with Crippen LogP contribution in [-0.4, -0.2) is 53.6 Å². The highest BCUT2D eigenvalue weighted by molar-refractivity contribution is 5.49. The Bertz CT molecular complexity index is 675. The maximum absolute atomic E-state index is 4.63. The van der Waals surface area contributed by atoms with Crippen molar-refractivity contribution in [3.8, 4) is 0 Å². The third-order valence-corrected chi connectivity index (χ3v) is 4.23. The van der Waals surface area contributed by atoms with Crippen LogP contribution in [0.3, 0.4) is 0 Å². The number of nitrogens with one attached hydrogen (secondary N) is 1. The van der Waals surface area contributed by atoms with Crippen LogP contribution >= 0.6 is 0 Å². The Morgan fingerprint density at radius 2 is 1.84 bits per heavy atom. The molecule has 1 aromatic carbocycles. The molecule has 1 fully saturated rings. The molecule has 0 saturated carbocycles. The standard InChI is InChI=1S/C20H27N5/c1-17(2)22-20-21-11-10-19(23-20)25-15-13-24(14-16-25)12-6-9-18-7-4-3-5-8-18/h3-11,17H,12-16H2,1-2H3,(H,21,22,23)/b9-6+. The van der Waals surface area contributed by atoms with Crippen molar-refractivity contribution in [3.63, 3.8) is 0 Å². The minimum absolute atomic E-state index is 0.337. The molecule has 3 rings (SSSR count). The quantitative estimate of drug-likeness (QED) is 0.877. The van der Waals surface area contributed by atoms with Crippen LogP contribution in [-0.2, 0) is 0 Å². The summed E-state index contributed by atoms with van der Waals surface area (Å²) in [6.07, 6.45) is 6.28. The lowest BCUT2D eigenvalue weighted by molar-refractivity contribution is 0.283. The number of benzene rings is 1. The molecule has 0 amide bonds. The fraction of sp³-hybridized carbons (Fsp3) is 0.400. The van der Waals surface area contributed by atoms with Gasteiger partial charge < -0.3 is 10.2 Å². The molecule has 132 valence electrons. The van der Waals surface area contributed by atoms with Crippen LogP contribution in [0.25, 0.3) is 6.08 Å². The van der Waals surface area contributed by atoms with Crippen molar-refractivity contribution in [3.05, 3.63) is 54.2 Å². The van der Waals surface area contributed by atoms with Gasteiger partial charge in [0.1, 0.15) is 5.82 Å². The first-order valence-electron chi connectivity index (χ1n) is 8.99. The first kappa shape index (κ1) is 17.4. The van der Waals surface area contributed by atoms with Crippen molar-refractivity contribution >= 4 is 17.8 Å². The summed E-state index contributed by atoms with van der Waals surface area (Å²) in [7, 11) is 0. The van der Waals surface area contributed by atoms with E-state index in [9.17, 15) is 0 Å². The molecule has 1 saturated heterocycles. The van der Waals surface area contributed by atoms with Gasteiger partial charge in [-0.2, -0.15) is 4.98 Å². The molecule has 0 unspecified atom stereocenters. The number of anilines is 2. The predicted octanol–water partition coefficient (Wildman–Crippen LogP) is 3.13. The zero-order valence-electron chi connectivity index (χ0n) is 15.1. The summed E-state index contributed by atoms with van der Waals surface area (Å²) in [4.78, 5) is 13.7. The van der Waals surface area contributed by atoms with Gasteiger partial charge in [-0.25, -0.2) is 4.98 Å². The Kier molecular flexibility index (Phi) is 6.01. The first-order valence-corrected chi connectivity index (χ1v) is 8.99. The molecule has 0 atom stereocenters. The molecule has 2 aromatic rings. The molecular weight excluding hydrogens is 310 g/mol. The molecule has 0 bridgehead atoms. The van der Waals surface area contributed by atoms with Gasteiger partial charge in [-0.15, -0.1) is 0 Å². The summed E-state index contributed by atoms with van der Waals surface area (Å²) >= 11 is 0. The molecule has 2 heterocycles. The molecular formula is C20H27N5. The van der Waals surface area contributed by atoms with Crippen molar-refractivity contribution in [2.45, 2.75) is 19.9 Å². The molecule has 0 aliphatic carbocycles. The summed E-state index contributed by atoms with van der Waals surface area (Å²) in [6.45, 7) is 9.28. The lowest BCUT2D eigenvalue weighted by Crippen LogP contribution is -2.46. The third-order valence-electron chi connectivity index (χ3n) is 4.23. The van der Waals surface area contributed by atoms with Crippen LogP contribution in [0.5, 0.6) is 0 Å². The van der Waals surface area contributed by atoms with Crippen LogP contribution < -0.4 is 10.2 Å². The molecule has 1 aliphatic rings. The van der Waals surface area contributed by atoms with E-state index < -0.39 is 0 Å². The van der Waals surface area contributed by atoms with E-state index >= 15 is 0 Å². The van der Waals surface area contributed by atoms with Gasteiger partial charge >= 0.3 is 0 Å². The fourth-order valence-corrected chi connectivity index (χ4v) is 2.91. The molecule has 1 aromatic heterocycles. The highest BCUT2D eigenvalue weighted by Crippen LogP contribution is 2.15. The minimum atomic E-state index is 0.337. The smallest absolute Gasteiger partial charge is 0.224 e. The molecule has 1 aliphatic heterocycles. The van der Waals surface area contributed by atoms with E-state index in [0.29, 0.717) is 12.0 Å². The number of hydrogen-bond donors (Lipinski definition) is 1. The van der Waals surface area contributed by atoms with Gasteiger partial charge in [0.25, 0.3) is 0 Å². The third kappa shape index (κ3) is 5.29. The molecule has 1 N–H and O–H groups in total. The number of nitrogens with zero attached hydrogens (tertiary/aromatic N) is 4. The summed E-state index contributed by atoms with van der Waals surface area (Å²) in [5.41, 5.74) is 1.26. The fourth-order valence-electron chi connectivity index (χ4n) is 2.91. The Balaban J connectivity index is 1.49. The summed E-state index contributed by atoms with van der Waals surface area (Å²) in [5, 5.41) is 3.27. The van der Waals surface area contributed by atoms with Gasteiger partial charge in [0, 0.05) is 45.0 Å². The van der Waals surface area contributed by atoms with E-state index in [-0.39, 0.29) is 0 Å². The highest BCUT2D eigenvalue weighted by atomic mass is 15.3. The van der Waals surface area contributed by atoms with Crippen molar-refractivity contribution in [2.75, 3.05) is 42.9 Å². The van der Waals surface area contributed by atoms with Crippen LogP contribution in [0.4, 0.5) is 11.8 Å². The van der Waals surface area contributed by atoms with Gasteiger partial charge in [-0.1, -0.05) is 42.5 Å².